The van der Waals surface area contributed by atoms with Crippen molar-refractivity contribution in [3.8, 4) is 0 Å². The maximum absolute atomic E-state index is 6.51. The van der Waals surface area contributed by atoms with Gasteiger partial charge in [0.1, 0.15) is 8.83 Å². The van der Waals surface area contributed by atoms with Gasteiger partial charge in [-0.2, -0.15) is 11.1 Å². The van der Waals surface area contributed by atoms with Gasteiger partial charge in [-0.25, -0.2) is 0 Å². The second-order valence-corrected chi connectivity index (χ2v) is 14.4. The first-order chi connectivity index (χ1) is 15.6. The maximum Gasteiger partial charge on any atom is 0.131 e. The Bertz CT molecular complexity index is 355. The summed E-state index contributed by atoms with van der Waals surface area (Å²) in [6.07, 6.45) is 34.7. The lowest BCUT2D eigenvalue weighted by molar-refractivity contribution is 0.326. The van der Waals surface area contributed by atoms with Crippen LogP contribution < -0.4 is 0 Å². The van der Waals surface area contributed by atoms with E-state index in [1.54, 1.807) is 0 Å². The molecule has 0 bridgehead atoms. The van der Waals surface area contributed by atoms with E-state index in [-0.39, 0.29) is 0 Å². The van der Waals surface area contributed by atoms with Gasteiger partial charge in [0.2, 0.25) is 0 Å². The molecule has 0 heterocycles. The Morgan fingerprint density at radius 1 is 0.469 bits per heavy atom. The summed E-state index contributed by atoms with van der Waals surface area (Å²) in [5.41, 5.74) is 0. The molecule has 0 amide bonds. The van der Waals surface area contributed by atoms with Gasteiger partial charge in [0.05, 0.1) is 0 Å². The predicted molar refractivity (Wildman–Crippen MR) is 154 cm³/mol. The highest BCUT2D eigenvalue weighted by atomic mass is 35.6. The standard InChI is InChI=1S/C30H63ClSi/c1-5-7-9-11-13-15-17-18-20-22-24-26-28-29(30(3,4)32-31)27-25-23-21-19-16-14-12-10-8-6-2/h29H,5-28,32H2,1-4H3. The molecule has 0 aromatic rings. The van der Waals surface area contributed by atoms with Gasteiger partial charge in [-0.1, -0.05) is 182 Å². The summed E-state index contributed by atoms with van der Waals surface area (Å²) in [7, 11) is -0.453. The molecular formula is C30H63ClSi. The SMILES string of the molecule is CCCCCCCCCCCCCCC(CCCCCCCCCCCC)C(C)(C)[SiH2]Cl. The van der Waals surface area contributed by atoms with Gasteiger partial charge >= 0.3 is 0 Å². The second kappa shape index (κ2) is 24.6. The fourth-order valence-electron chi connectivity index (χ4n) is 5.14. The van der Waals surface area contributed by atoms with E-state index >= 15 is 0 Å². The van der Waals surface area contributed by atoms with Crippen LogP contribution in [0.1, 0.15) is 182 Å². The minimum atomic E-state index is -0.453. The van der Waals surface area contributed by atoms with E-state index < -0.39 is 8.83 Å². The van der Waals surface area contributed by atoms with Crippen molar-refractivity contribution >= 4 is 19.9 Å². The van der Waals surface area contributed by atoms with Crippen molar-refractivity contribution in [3.63, 3.8) is 0 Å². The quantitative estimate of drug-likeness (QED) is 0.0647. The molecule has 32 heavy (non-hydrogen) atoms. The fraction of sp³-hybridized carbons (Fsp3) is 1.00. The van der Waals surface area contributed by atoms with E-state index in [9.17, 15) is 0 Å². The number of rotatable bonds is 26. The van der Waals surface area contributed by atoms with E-state index in [1.807, 2.05) is 0 Å². The summed E-state index contributed by atoms with van der Waals surface area (Å²) in [6, 6.07) is 0. The lowest BCUT2D eigenvalue weighted by Crippen LogP contribution is -2.21. The van der Waals surface area contributed by atoms with E-state index in [1.165, 1.54) is 154 Å². The molecule has 1 atom stereocenters. The third kappa shape index (κ3) is 21.1. The van der Waals surface area contributed by atoms with Gasteiger partial charge < -0.3 is 0 Å². The molecule has 0 aromatic heterocycles. The van der Waals surface area contributed by atoms with Crippen LogP contribution in [-0.4, -0.2) is 8.83 Å². The van der Waals surface area contributed by atoms with Crippen molar-refractivity contribution in [2.24, 2.45) is 5.92 Å². The van der Waals surface area contributed by atoms with Gasteiger partial charge in [0.25, 0.3) is 0 Å². The first-order valence-electron chi connectivity index (χ1n) is 15.1. The number of hydrogen-bond acceptors (Lipinski definition) is 0. The van der Waals surface area contributed by atoms with Crippen LogP contribution in [0.2, 0.25) is 5.04 Å². The topological polar surface area (TPSA) is 0 Å². The second-order valence-electron chi connectivity index (χ2n) is 11.5. The average Bonchev–Trinajstić information content (AvgIpc) is 2.79. The molecule has 0 saturated heterocycles. The molecule has 0 aliphatic heterocycles. The summed E-state index contributed by atoms with van der Waals surface area (Å²) >= 11 is 6.51. The largest absolute Gasteiger partial charge is 0.176 e. The maximum atomic E-state index is 6.51. The van der Waals surface area contributed by atoms with Crippen molar-refractivity contribution in [1.82, 2.24) is 0 Å². The summed E-state index contributed by atoms with van der Waals surface area (Å²) in [4.78, 5) is 0. The van der Waals surface area contributed by atoms with Crippen molar-refractivity contribution in [2.45, 2.75) is 187 Å². The lowest BCUT2D eigenvalue weighted by atomic mass is 9.84. The summed E-state index contributed by atoms with van der Waals surface area (Å²) in [6.45, 7) is 9.54. The normalized spacial score (nSPS) is 13.4. The lowest BCUT2D eigenvalue weighted by Gasteiger charge is -2.32. The molecule has 1 unspecified atom stereocenters. The molecule has 0 N–H and O–H groups in total. The summed E-state index contributed by atoms with van der Waals surface area (Å²) in [5, 5.41) is 0.443. The third-order valence-electron chi connectivity index (χ3n) is 7.76. The van der Waals surface area contributed by atoms with Crippen LogP contribution in [-0.2, 0) is 0 Å². The molecule has 0 aromatic carbocycles. The Morgan fingerprint density at radius 3 is 0.969 bits per heavy atom. The van der Waals surface area contributed by atoms with E-state index in [0.717, 1.165) is 5.92 Å². The minimum absolute atomic E-state index is 0.443. The van der Waals surface area contributed by atoms with Gasteiger partial charge in [-0.05, 0) is 11.0 Å². The van der Waals surface area contributed by atoms with Crippen molar-refractivity contribution in [2.75, 3.05) is 0 Å². The molecule has 0 saturated carbocycles. The van der Waals surface area contributed by atoms with Gasteiger partial charge in [-0.3, -0.25) is 0 Å². The average molecular weight is 487 g/mol. The zero-order valence-corrected chi connectivity index (χ0v) is 25.3. The molecule has 0 fully saturated rings. The van der Waals surface area contributed by atoms with Crippen LogP contribution in [0.3, 0.4) is 0 Å². The Labute approximate surface area is 212 Å². The fourth-order valence-corrected chi connectivity index (χ4v) is 6.43. The first-order valence-corrected chi connectivity index (χ1v) is 18.0. The molecule has 0 radical (unpaired) electrons. The van der Waals surface area contributed by atoms with Crippen LogP contribution in [0, 0.1) is 5.92 Å². The van der Waals surface area contributed by atoms with E-state index in [2.05, 4.69) is 27.7 Å². The van der Waals surface area contributed by atoms with Crippen LogP contribution >= 0.6 is 11.1 Å². The van der Waals surface area contributed by atoms with Crippen molar-refractivity contribution in [3.05, 3.63) is 0 Å². The Morgan fingerprint density at radius 2 is 0.719 bits per heavy atom. The highest BCUT2D eigenvalue weighted by molar-refractivity contribution is 6.95. The van der Waals surface area contributed by atoms with E-state index in [0.29, 0.717) is 5.04 Å². The monoisotopic (exact) mass is 486 g/mol. The molecular weight excluding hydrogens is 424 g/mol. The molecule has 0 nitrogen and oxygen atoms in total. The number of hydrogen-bond donors (Lipinski definition) is 0. The third-order valence-corrected chi connectivity index (χ3v) is 11.1. The molecule has 0 rings (SSSR count). The Balaban J connectivity index is 3.71. The van der Waals surface area contributed by atoms with Crippen molar-refractivity contribution in [1.29, 1.82) is 0 Å². The van der Waals surface area contributed by atoms with Gasteiger partial charge in [0.15, 0.2) is 0 Å². The molecule has 2 heteroatoms. The molecule has 0 aliphatic rings. The molecule has 0 aliphatic carbocycles. The number of unbranched alkanes of at least 4 members (excludes halogenated alkanes) is 20. The zero-order chi connectivity index (χ0) is 23.8. The predicted octanol–water partition coefficient (Wildman–Crippen LogP) is 11.5. The summed E-state index contributed by atoms with van der Waals surface area (Å²) in [5.74, 6) is 0.879. The van der Waals surface area contributed by atoms with E-state index in [4.69, 9.17) is 11.1 Å². The highest BCUT2D eigenvalue weighted by Crippen LogP contribution is 2.41. The Hall–Kier alpha value is 0.507. The first kappa shape index (κ1) is 32.5. The van der Waals surface area contributed by atoms with Crippen LogP contribution in [0.15, 0.2) is 0 Å². The molecule has 0 spiro atoms. The highest BCUT2D eigenvalue weighted by Gasteiger charge is 2.28. The number of halogens is 1. The zero-order valence-electron chi connectivity index (χ0n) is 23.1. The smallest absolute Gasteiger partial charge is 0.131 e. The minimum Gasteiger partial charge on any atom is -0.176 e. The van der Waals surface area contributed by atoms with Crippen molar-refractivity contribution < 1.29 is 0 Å². The van der Waals surface area contributed by atoms with Gasteiger partial charge in [0, 0.05) is 0 Å². The Kier molecular flexibility index (Phi) is 25.0. The van der Waals surface area contributed by atoms with Crippen LogP contribution in [0.25, 0.3) is 0 Å². The summed E-state index contributed by atoms with van der Waals surface area (Å²) < 4.78 is 0. The van der Waals surface area contributed by atoms with Crippen LogP contribution in [0.4, 0.5) is 0 Å². The molecule has 194 valence electrons. The van der Waals surface area contributed by atoms with Crippen LogP contribution in [0.5, 0.6) is 0 Å². The van der Waals surface area contributed by atoms with Gasteiger partial charge in [-0.15, -0.1) is 0 Å².